The second kappa shape index (κ2) is 7.24. The van der Waals surface area contributed by atoms with Gasteiger partial charge in [0.1, 0.15) is 0 Å². The molecule has 2 aliphatic rings. The third kappa shape index (κ3) is 6.16. The Balaban J connectivity index is 0.000000151. The Labute approximate surface area is 95.6 Å². The molecule has 90 valence electrons. The fourth-order valence-electron chi connectivity index (χ4n) is 2.19. The summed E-state index contributed by atoms with van der Waals surface area (Å²) in [4.78, 5) is 4.80. The lowest BCUT2D eigenvalue weighted by molar-refractivity contribution is 0.230. The van der Waals surface area contributed by atoms with E-state index in [0.29, 0.717) is 0 Å². The molecule has 0 bridgehead atoms. The Kier molecular flexibility index (Phi) is 6.26. The van der Waals surface area contributed by atoms with Gasteiger partial charge in [0, 0.05) is 0 Å². The SMILES string of the molecule is CC1CCN(C)CC1.CN1CCCCC1. The van der Waals surface area contributed by atoms with Crippen molar-refractivity contribution < 1.29 is 0 Å². The van der Waals surface area contributed by atoms with E-state index in [4.69, 9.17) is 0 Å². The maximum atomic E-state index is 2.40. The van der Waals surface area contributed by atoms with Crippen molar-refractivity contribution >= 4 is 0 Å². The topological polar surface area (TPSA) is 6.48 Å². The smallest absolute Gasteiger partial charge is 0.00192 e. The standard InChI is InChI=1S/C7H15N.C6H13N/c1-7-3-5-8(2)6-4-7;1-7-5-3-2-4-6-7/h7H,3-6H2,1-2H3;2-6H2,1H3. The van der Waals surface area contributed by atoms with Gasteiger partial charge < -0.3 is 9.80 Å². The van der Waals surface area contributed by atoms with Crippen LogP contribution in [0.2, 0.25) is 0 Å². The van der Waals surface area contributed by atoms with Crippen LogP contribution in [0.1, 0.15) is 39.0 Å². The van der Waals surface area contributed by atoms with Crippen LogP contribution >= 0.6 is 0 Å². The van der Waals surface area contributed by atoms with Gasteiger partial charge in [-0.1, -0.05) is 13.3 Å². The first-order chi connectivity index (χ1) is 7.18. The summed E-state index contributed by atoms with van der Waals surface area (Å²) in [7, 11) is 4.39. The number of likely N-dealkylation sites (tertiary alicyclic amines) is 2. The highest BCUT2D eigenvalue weighted by atomic mass is 15.1. The van der Waals surface area contributed by atoms with Gasteiger partial charge in [-0.2, -0.15) is 0 Å². The van der Waals surface area contributed by atoms with Crippen molar-refractivity contribution in [2.75, 3.05) is 40.3 Å². The Morgan fingerprint density at radius 1 is 0.733 bits per heavy atom. The van der Waals surface area contributed by atoms with E-state index in [9.17, 15) is 0 Å². The molecule has 0 N–H and O–H groups in total. The molecule has 2 aliphatic heterocycles. The van der Waals surface area contributed by atoms with Crippen molar-refractivity contribution in [2.24, 2.45) is 5.92 Å². The molecule has 2 saturated heterocycles. The molecule has 0 aromatic heterocycles. The van der Waals surface area contributed by atoms with Crippen molar-refractivity contribution in [3.63, 3.8) is 0 Å². The molecule has 0 spiro atoms. The second-order valence-electron chi connectivity index (χ2n) is 5.35. The molecule has 0 aliphatic carbocycles. The van der Waals surface area contributed by atoms with E-state index in [2.05, 4.69) is 30.8 Å². The minimum Gasteiger partial charge on any atom is -0.306 e. The van der Waals surface area contributed by atoms with E-state index >= 15 is 0 Å². The maximum absolute atomic E-state index is 2.40. The lowest BCUT2D eigenvalue weighted by Crippen LogP contribution is -2.28. The summed E-state index contributed by atoms with van der Waals surface area (Å²) in [5, 5.41) is 0. The average Bonchev–Trinajstić information content (AvgIpc) is 2.25. The summed E-state index contributed by atoms with van der Waals surface area (Å²) in [5.74, 6) is 0.978. The Bertz CT molecular complexity index is 135. The van der Waals surface area contributed by atoms with Crippen LogP contribution in [0.3, 0.4) is 0 Å². The summed E-state index contributed by atoms with van der Waals surface area (Å²) in [6.07, 6.45) is 7.07. The van der Waals surface area contributed by atoms with E-state index in [1.807, 2.05) is 0 Å². The van der Waals surface area contributed by atoms with Crippen LogP contribution < -0.4 is 0 Å². The van der Waals surface area contributed by atoms with Crippen LogP contribution in [0, 0.1) is 5.92 Å². The Hall–Kier alpha value is -0.0800. The highest BCUT2D eigenvalue weighted by Gasteiger charge is 2.10. The molecule has 2 heteroatoms. The van der Waals surface area contributed by atoms with Crippen LogP contribution in [-0.2, 0) is 0 Å². The summed E-state index contributed by atoms with van der Waals surface area (Å²) in [5.41, 5.74) is 0. The predicted molar refractivity (Wildman–Crippen MR) is 67.2 cm³/mol. The maximum Gasteiger partial charge on any atom is -0.00192 e. The summed E-state index contributed by atoms with van der Waals surface area (Å²) < 4.78 is 0. The summed E-state index contributed by atoms with van der Waals surface area (Å²) in [6.45, 7) is 7.59. The highest BCUT2D eigenvalue weighted by Crippen LogP contribution is 2.13. The number of hydrogen-bond donors (Lipinski definition) is 0. The number of nitrogens with zero attached hydrogens (tertiary/aromatic N) is 2. The van der Waals surface area contributed by atoms with Gasteiger partial charge in [0.15, 0.2) is 0 Å². The molecule has 0 unspecified atom stereocenters. The number of piperidine rings is 2. The predicted octanol–water partition coefficient (Wildman–Crippen LogP) is 2.45. The fourth-order valence-corrected chi connectivity index (χ4v) is 2.19. The first-order valence-electron chi connectivity index (χ1n) is 6.55. The van der Waals surface area contributed by atoms with Gasteiger partial charge in [0.2, 0.25) is 0 Å². The second-order valence-corrected chi connectivity index (χ2v) is 5.35. The fraction of sp³-hybridized carbons (Fsp3) is 1.00. The van der Waals surface area contributed by atoms with Crippen molar-refractivity contribution in [3.8, 4) is 0 Å². The van der Waals surface area contributed by atoms with Crippen LogP contribution in [0.5, 0.6) is 0 Å². The van der Waals surface area contributed by atoms with Gasteiger partial charge in [-0.15, -0.1) is 0 Å². The quantitative estimate of drug-likeness (QED) is 0.608. The molecule has 2 heterocycles. The van der Waals surface area contributed by atoms with Gasteiger partial charge >= 0.3 is 0 Å². The molecule has 0 radical (unpaired) electrons. The zero-order valence-corrected chi connectivity index (χ0v) is 10.8. The molecule has 0 amide bonds. The van der Waals surface area contributed by atoms with Crippen LogP contribution in [0.25, 0.3) is 0 Å². The van der Waals surface area contributed by atoms with E-state index in [-0.39, 0.29) is 0 Å². The average molecular weight is 212 g/mol. The van der Waals surface area contributed by atoms with E-state index < -0.39 is 0 Å². The van der Waals surface area contributed by atoms with Crippen LogP contribution in [0.4, 0.5) is 0 Å². The van der Waals surface area contributed by atoms with E-state index in [1.165, 1.54) is 58.3 Å². The summed E-state index contributed by atoms with van der Waals surface area (Å²) in [6, 6.07) is 0. The molecular formula is C13H28N2. The zero-order valence-electron chi connectivity index (χ0n) is 10.8. The molecular weight excluding hydrogens is 184 g/mol. The largest absolute Gasteiger partial charge is 0.306 e. The van der Waals surface area contributed by atoms with Crippen molar-refractivity contribution in [2.45, 2.75) is 39.0 Å². The Morgan fingerprint density at radius 2 is 1.20 bits per heavy atom. The van der Waals surface area contributed by atoms with Crippen molar-refractivity contribution in [3.05, 3.63) is 0 Å². The Morgan fingerprint density at radius 3 is 1.53 bits per heavy atom. The molecule has 2 nitrogen and oxygen atoms in total. The minimum absolute atomic E-state index is 0.978. The minimum atomic E-state index is 0.978. The highest BCUT2D eigenvalue weighted by molar-refractivity contribution is 4.65. The molecule has 2 fully saturated rings. The molecule has 2 rings (SSSR count). The lowest BCUT2D eigenvalue weighted by Gasteiger charge is -2.26. The van der Waals surface area contributed by atoms with E-state index in [1.54, 1.807) is 0 Å². The first kappa shape index (κ1) is 13.0. The molecule has 0 aromatic carbocycles. The van der Waals surface area contributed by atoms with Gasteiger partial charge in [-0.25, -0.2) is 0 Å². The lowest BCUT2D eigenvalue weighted by atomic mass is 10.00. The van der Waals surface area contributed by atoms with Gasteiger partial charge in [-0.05, 0) is 71.9 Å². The van der Waals surface area contributed by atoms with Crippen molar-refractivity contribution in [1.29, 1.82) is 0 Å². The third-order valence-corrected chi connectivity index (χ3v) is 3.59. The van der Waals surface area contributed by atoms with E-state index in [0.717, 1.165) is 5.92 Å². The van der Waals surface area contributed by atoms with Gasteiger partial charge in [0.25, 0.3) is 0 Å². The summed E-state index contributed by atoms with van der Waals surface area (Å²) >= 11 is 0. The number of rotatable bonds is 0. The normalized spacial score (nSPS) is 25.8. The van der Waals surface area contributed by atoms with Crippen molar-refractivity contribution in [1.82, 2.24) is 9.80 Å². The van der Waals surface area contributed by atoms with Gasteiger partial charge in [-0.3, -0.25) is 0 Å². The van der Waals surface area contributed by atoms with Gasteiger partial charge in [0.05, 0.1) is 0 Å². The third-order valence-electron chi connectivity index (χ3n) is 3.59. The van der Waals surface area contributed by atoms with Crippen LogP contribution in [0.15, 0.2) is 0 Å². The molecule has 0 aromatic rings. The monoisotopic (exact) mass is 212 g/mol. The zero-order chi connectivity index (χ0) is 11.1. The first-order valence-corrected chi connectivity index (χ1v) is 6.55. The molecule has 0 saturated carbocycles. The number of hydrogen-bond acceptors (Lipinski definition) is 2. The molecule has 0 atom stereocenters. The van der Waals surface area contributed by atoms with Crippen LogP contribution in [-0.4, -0.2) is 50.1 Å². The molecule has 15 heavy (non-hydrogen) atoms.